The van der Waals surface area contributed by atoms with Crippen molar-refractivity contribution >= 4 is 37.6 Å². The predicted octanol–water partition coefficient (Wildman–Crippen LogP) is 3.28. The fourth-order valence-electron chi connectivity index (χ4n) is 3.97. The fourth-order valence-corrected chi connectivity index (χ4v) is 6.39. The molecule has 2 saturated carbocycles. The number of nitrogens with zero attached hydrogens (tertiary/aromatic N) is 1. The second-order valence-corrected chi connectivity index (χ2v) is 11.0. The topological polar surface area (TPSA) is 124 Å². The van der Waals surface area contributed by atoms with Crippen molar-refractivity contribution in [1.29, 1.82) is 5.26 Å². The van der Waals surface area contributed by atoms with E-state index in [0.717, 1.165) is 6.07 Å². The Bertz CT molecular complexity index is 1060. The minimum Gasteiger partial charge on any atom is -0.481 e. The molecular formula is C19H18BrF3N2O5S. The van der Waals surface area contributed by atoms with Crippen molar-refractivity contribution in [2.24, 2.45) is 11.8 Å². The van der Waals surface area contributed by atoms with Gasteiger partial charge in [-0.05, 0) is 49.8 Å². The Hall–Kier alpha value is -2.13. The summed E-state index contributed by atoms with van der Waals surface area (Å²) < 4.78 is 66.7. The van der Waals surface area contributed by atoms with E-state index in [1.165, 1.54) is 6.07 Å². The van der Waals surface area contributed by atoms with Crippen LogP contribution in [0.2, 0.25) is 0 Å². The summed E-state index contributed by atoms with van der Waals surface area (Å²) in [6, 6.07) is 4.67. The second kappa shape index (κ2) is 8.09. The molecule has 31 heavy (non-hydrogen) atoms. The highest BCUT2D eigenvalue weighted by molar-refractivity contribution is 9.10. The van der Waals surface area contributed by atoms with Gasteiger partial charge in [0.2, 0.25) is 5.91 Å². The zero-order valence-electron chi connectivity index (χ0n) is 15.9. The summed E-state index contributed by atoms with van der Waals surface area (Å²) in [7, 11) is -4.52. The Labute approximate surface area is 184 Å². The van der Waals surface area contributed by atoms with Crippen LogP contribution in [0.25, 0.3) is 0 Å². The SMILES string of the molecule is N#CC1(NC(=O)C2CC(S(=O)(=O)c3ccc(Br)cc3C(F)(F)F)CC2CC(=O)O)CC1. The molecule has 0 radical (unpaired) electrons. The molecule has 3 unspecified atom stereocenters. The van der Waals surface area contributed by atoms with Crippen LogP contribution < -0.4 is 5.32 Å². The van der Waals surface area contributed by atoms with Crippen molar-refractivity contribution in [2.75, 3.05) is 0 Å². The molecule has 1 amide bonds. The number of nitriles is 1. The Kier molecular flexibility index (Phi) is 6.14. The van der Waals surface area contributed by atoms with E-state index in [0.29, 0.717) is 18.9 Å². The first-order valence-electron chi connectivity index (χ1n) is 9.35. The quantitative estimate of drug-likeness (QED) is 0.590. The van der Waals surface area contributed by atoms with Gasteiger partial charge in [-0.2, -0.15) is 18.4 Å². The number of benzene rings is 1. The number of halogens is 4. The minimum absolute atomic E-state index is 0.0532. The van der Waals surface area contributed by atoms with E-state index in [2.05, 4.69) is 21.2 Å². The highest BCUT2D eigenvalue weighted by Crippen LogP contribution is 2.44. The average Bonchev–Trinajstić information content (AvgIpc) is 3.29. The Morgan fingerprint density at radius 3 is 2.45 bits per heavy atom. The molecule has 3 rings (SSSR count). The van der Waals surface area contributed by atoms with E-state index in [-0.39, 0.29) is 17.3 Å². The molecule has 7 nitrogen and oxygen atoms in total. The molecular weight excluding hydrogens is 505 g/mol. The standard InChI is InChI=1S/C19H18BrF3N2O5S/c20-11-1-2-15(14(7-11)19(21,22)23)31(29,30)12-5-10(6-16(26)27)13(8-12)17(28)25-18(9-24)3-4-18/h1-2,7,10,12-13H,3-6,8H2,(H,25,28)(H,26,27). The number of sulfone groups is 1. The van der Waals surface area contributed by atoms with Crippen molar-refractivity contribution in [3.8, 4) is 6.07 Å². The van der Waals surface area contributed by atoms with Gasteiger partial charge in [-0.1, -0.05) is 15.9 Å². The molecule has 3 atom stereocenters. The van der Waals surface area contributed by atoms with E-state index in [4.69, 9.17) is 10.4 Å². The molecule has 2 aliphatic rings. The number of carbonyl (C=O) groups is 2. The first-order chi connectivity index (χ1) is 14.3. The molecule has 0 spiro atoms. The summed E-state index contributed by atoms with van der Waals surface area (Å²) in [5, 5.41) is 19.5. The number of carbonyl (C=O) groups excluding carboxylic acids is 1. The van der Waals surface area contributed by atoms with Gasteiger partial charge < -0.3 is 10.4 Å². The maximum absolute atomic E-state index is 13.5. The Balaban J connectivity index is 1.93. The van der Waals surface area contributed by atoms with E-state index >= 15 is 0 Å². The molecule has 1 aromatic rings. The first-order valence-corrected chi connectivity index (χ1v) is 11.7. The summed E-state index contributed by atoms with van der Waals surface area (Å²) in [6.07, 6.45) is -5.15. The lowest BCUT2D eigenvalue weighted by Crippen LogP contribution is -2.41. The zero-order valence-corrected chi connectivity index (χ0v) is 18.3. The van der Waals surface area contributed by atoms with Crippen LogP contribution in [-0.4, -0.2) is 36.2 Å². The minimum atomic E-state index is -4.92. The summed E-state index contributed by atoms with van der Waals surface area (Å²) in [6.45, 7) is 0. The number of carboxylic acid groups (broad SMARTS) is 1. The largest absolute Gasteiger partial charge is 0.481 e. The molecule has 0 aliphatic heterocycles. The van der Waals surface area contributed by atoms with Crippen molar-refractivity contribution in [2.45, 2.75) is 54.0 Å². The van der Waals surface area contributed by atoms with Gasteiger partial charge in [-0.25, -0.2) is 8.42 Å². The normalized spacial score (nSPS) is 24.9. The lowest BCUT2D eigenvalue weighted by molar-refractivity contribution is -0.140. The van der Waals surface area contributed by atoms with Crippen LogP contribution in [0.3, 0.4) is 0 Å². The van der Waals surface area contributed by atoms with Gasteiger partial charge in [0.1, 0.15) is 5.54 Å². The number of alkyl halides is 3. The van der Waals surface area contributed by atoms with Crippen LogP contribution in [0, 0.1) is 23.2 Å². The third-order valence-electron chi connectivity index (χ3n) is 5.74. The first kappa shape index (κ1) is 23.5. The van der Waals surface area contributed by atoms with Crippen LogP contribution in [-0.2, 0) is 25.6 Å². The Morgan fingerprint density at radius 2 is 1.94 bits per heavy atom. The fraction of sp³-hybridized carbons (Fsp3) is 0.526. The number of rotatable bonds is 6. The number of amides is 1. The molecule has 0 bridgehead atoms. The van der Waals surface area contributed by atoms with Crippen LogP contribution >= 0.6 is 15.9 Å². The lowest BCUT2D eigenvalue weighted by atomic mass is 9.92. The van der Waals surface area contributed by atoms with E-state index in [1.54, 1.807) is 0 Å². The molecule has 1 aromatic carbocycles. The lowest BCUT2D eigenvalue weighted by Gasteiger charge is -2.19. The van der Waals surface area contributed by atoms with Gasteiger partial charge in [0.05, 0.1) is 21.8 Å². The number of carboxylic acids is 1. The van der Waals surface area contributed by atoms with Gasteiger partial charge >= 0.3 is 12.1 Å². The molecule has 0 aromatic heterocycles. The number of hydrogen-bond acceptors (Lipinski definition) is 5. The number of aliphatic carboxylic acids is 1. The molecule has 168 valence electrons. The smallest absolute Gasteiger partial charge is 0.417 e. The van der Waals surface area contributed by atoms with Gasteiger partial charge in [0, 0.05) is 16.8 Å². The molecule has 12 heteroatoms. The molecule has 0 heterocycles. The molecule has 2 fully saturated rings. The number of nitrogens with one attached hydrogen (secondary N) is 1. The van der Waals surface area contributed by atoms with Crippen LogP contribution in [0.5, 0.6) is 0 Å². The van der Waals surface area contributed by atoms with E-state index in [1.807, 2.05) is 6.07 Å². The summed E-state index contributed by atoms with van der Waals surface area (Å²) in [4.78, 5) is 23.0. The third kappa shape index (κ3) is 4.87. The van der Waals surface area contributed by atoms with Gasteiger partial charge in [0.25, 0.3) is 0 Å². The Morgan fingerprint density at radius 1 is 1.29 bits per heavy atom. The van der Waals surface area contributed by atoms with Gasteiger partial charge in [0.15, 0.2) is 9.84 Å². The van der Waals surface area contributed by atoms with Crippen LogP contribution in [0.1, 0.15) is 37.7 Å². The highest BCUT2D eigenvalue weighted by atomic mass is 79.9. The zero-order chi connectivity index (χ0) is 23.2. The second-order valence-electron chi connectivity index (χ2n) is 7.92. The molecule has 2 N–H and O–H groups in total. The predicted molar refractivity (Wildman–Crippen MR) is 104 cm³/mol. The van der Waals surface area contributed by atoms with Crippen LogP contribution in [0.4, 0.5) is 13.2 Å². The number of hydrogen-bond donors (Lipinski definition) is 2. The average molecular weight is 523 g/mol. The van der Waals surface area contributed by atoms with Crippen molar-refractivity contribution < 1.29 is 36.3 Å². The monoisotopic (exact) mass is 522 g/mol. The van der Waals surface area contributed by atoms with Gasteiger partial charge in [-0.3, -0.25) is 9.59 Å². The van der Waals surface area contributed by atoms with E-state index < -0.39 is 67.4 Å². The third-order valence-corrected chi connectivity index (χ3v) is 8.47. The summed E-state index contributed by atoms with van der Waals surface area (Å²) in [5.74, 6) is -3.81. The molecule has 2 aliphatic carbocycles. The van der Waals surface area contributed by atoms with Gasteiger partial charge in [-0.15, -0.1) is 0 Å². The maximum Gasteiger partial charge on any atom is 0.417 e. The van der Waals surface area contributed by atoms with Crippen molar-refractivity contribution in [3.63, 3.8) is 0 Å². The summed E-state index contributed by atoms with van der Waals surface area (Å²) >= 11 is 2.91. The van der Waals surface area contributed by atoms with Crippen molar-refractivity contribution in [3.05, 3.63) is 28.2 Å². The molecule has 0 saturated heterocycles. The maximum atomic E-state index is 13.5. The highest BCUT2D eigenvalue weighted by Gasteiger charge is 2.51. The van der Waals surface area contributed by atoms with E-state index in [9.17, 15) is 31.2 Å². The van der Waals surface area contributed by atoms with Crippen molar-refractivity contribution in [1.82, 2.24) is 5.32 Å². The van der Waals surface area contributed by atoms with Crippen LogP contribution in [0.15, 0.2) is 27.6 Å². The summed E-state index contributed by atoms with van der Waals surface area (Å²) in [5.41, 5.74) is -2.36.